The van der Waals surface area contributed by atoms with Gasteiger partial charge in [0.1, 0.15) is 0 Å². The van der Waals surface area contributed by atoms with E-state index in [2.05, 4.69) is 29.6 Å². The maximum absolute atomic E-state index is 12.0. The highest BCUT2D eigenvalue weighted by Gasteiger charge is 2.16. The van der Waals surface area contributed by atoms with Gasteiger partial charge in [0.15, 0.2) is 0 Å². The van der Waals surface area contributed by atoms with Gasteiger partial charge in [0, 0.05) is 13.0 Å². The summed E-state index contributed by atoms with van der Waals surface area (Å²) in [6, 6.07) is 10.2. The van der Waals surface area contributed by atoms with Crippen molar-refractivity contribution in [3.05, 3.63) is 35.9 Å². The van der Waals surface area contributed by atoms with E-state index in [-0.39, 0.29) is 18.4 Å². The topological polar surface area (TPSA) is 69.6 Å². The number of aliphatic carboxylic acids is 1. The fourth-order valence-electron chi connectivity index (χ4n) is 3.08. The zero-order chi connectivity index (χ0) is 19.2. The van der Waals surface area contributed by atoms with Gasteiger partial charge >= 0.3 is 5.97 Å². The molecule has 1 amide bonds. The van der Waals surface area contributed by atoms with Crippen molar-refractivity contribution in [3.8, 4) is 0 Å². The van der Waals surface area contributed by atoms with Gasteiger partial charge in [-0.3, -0.25) is 9.59 Å². The number of amides is 1. The summed E-state index contributed by atoms with van der Waals surface area (Å²) in [4.78, 5) is 24.8. The summed E-state index contributed by atoms with van der Waals surface area (Å²) in [5.74, 6) is -0.921. The molecule has 1 unspecified atom stereocenters. The molecule has 0 aliphatic carbocycles. The molecule has 0 radical (unpaired) electrons. The standard InChI is InChI=1S/C21H34N2O3/c1-23(2)17-19(16-21(25)26)22-20(24)15-11-6-4-3-5-8-12-18-13-9-7-10-14-18/h7,9-10,13-14,19H,3-6,8,11-12,15-17H2,1-2H3,(H,22,24)(H,25,26). The smallest absolute Gasteiger partial charge is 0.305 e. The van der Waals surface area contributed by atoms with Crippen molar-refractivity contribution in [1.82, 2.24) is 10.2 Å². The van der Waals surface area contributed by atoms with Crippen molar-refractivity contribution in [3.63, 3.8) is 0 Å². The zero-order valence-electron chi connectivity index (χ0n) is 16.2. The molecule has 0 saturated heterocycles. The molecule has 2 N–H and O–H groups in total. The Labute approximate surface area is 157 Å². The molecule has 1 atom stereocenters. The Morgan fingerprint density at radius 3 is 2.23 bits per heavy atom. The third kappa shape index (κ3) is 11.6. The number of rotatable bonds is 14. The number of hydrogen-bond donors (Lipinski definition) is 2. The molecule has 146 valence electrons. The minimum Gasteiger partial charge on any atom is -0.481 e. The molecule has 0 heterocycles. The maximum Gasteiger partial charge on any atom is 0.305 e. The van der Waals surface area contributed by atoms with Gasteiger partial charge in [0.05, 0.1) is 12.5 Å². The van der Waals surface area contributed by atoms with Crippen LogP contribution in [0.15, 0.2) is 30.3 Å². The Hall–Kier alpha value is -1.88. The van der Waals surface area contributed by atoms with Crippen molar-refractivity contribution in [2.75, 3.05) is 20.6 Å². The van der Waals surface area contributed by atoms with Gasteiger partial charge in [-0.15, -0.1) is 0 Å². The van der Waals surface area contributed by atoms with Crippen molar-refractivity contribution in [2.45, 2.75) is 63.8 Å². The van der Waals surface area contributed by atoms with E-state index in [1.54, 1.807) is 0 Å². The molecular formula is C21H34N2O3. The van der Waals surface area contributed by atoms with Gasteiger partial charge in [0.2, 0.25) is 5.91 Å². The molecule has 0 bridgehead atoms. The number of aryl methyl sites for hydroxylation is 1. The number of likely N-dealkylation sites (N-methyl/N-ethyl adjacent to an activating group) is 1. The first-order valence-electron chi connectivity index (χ1n) is 9.67. The maximum atomic E-state index is 12.0. The van der Waals surface area contributed by atoms with Crippen LogP contribution in [0.1, 0.15) is 56.9 Å². The minimum atomic E-state index is -0.882. The van der Waals surface area contributed by atoms with Crippen LogP contribution in [0.25, 0.3) is 0 Å². The zero-order valence-corrected chi connectivity index (χ0v) is 16.2. The van der Waals surface area contributed by atoms with E-state index in [1.807, 2.05) is 25.1 Å². The molecule has 0 aliphatic rings. The second kappa shape index (κ2) is 13.3. The number of carbonyl (C=O) groups excluding carboxylic acids is 1. The van der Waals surface area contributed by atoms with Crippen LogP contribution < -0.4 is 5.32 Å². The summed E-state index contributed by atoms with van der Waals surface area (Å²) < 4.78 is 0. The fourth-order valence-corrected chi connectivity index (χ4v) is 3.08. The number of benzene rings is 1. The van der Waals surface area contributed by atoms with Crippen LogP contribution in [0.3, 0.4) is 0 Å². The molecule has 5 heteroatoms. The van der Waals surface area contributed by atoms with Gasteiger partial charge in [-0.2, -0.15) is 0 Å². The van der Waals surface area contributed by atoms with Gasteiger partial charge < -0.3 is 15.3 Å². The Morgan fingerprint density at radius 1 is 1.00 bits per heavy atom. The van der Waals surface area contributed by atoms with Crippen LogP contribution in [-0.2, 0) is 16.0 Å². The Bertz CT molecular complexity index is 517. The molecule has 0 spiro atoms. The SMILES string of the molecule is CN(C)CC(CC(=O)O)NC(=O)CCCCCCCCc1ccccc1. The monoisotopic (exact) mass is 362 g/mol. The van der Waals surface area contributed by atoms with Gasteiger partial charge in [0.25, 0.3) is 0 Å². The van der Waals surface area contributed by atoms with Crippen molar-refractivity contribution < 1.29 is 14.7 Å². The Morgan fingerprint density at radius 2 is 1.62 bits per heavy atom. The van der Waals surface area contributed by atoms with E-state index < -0.39 is 5.97 Å². The summed E-state index contributed by atoms with van der Waals surface area (Å²) >= 11 is 0. The molecular weight excluding hydrogens is 328 g/mol. The van der Waals surface area contributed by atoms with Crippen LogP contribution in [0.4, 0.5) is 0 Å². The summed E-state index contributed by atoms with van der Waals surface area (Å²) in [6.07, 6.45) is 8.30. The van der Waals surface area contributed by atoms with E-state index in [1.165, 1.54) is 24.8 Å². The number of nitrogens with one attached hydrogen (secondary N) is 1. The second-order valence-corrected chi connectivity index (χ2v) is 7.23. The van der Waals surface area contributed by atoms with E-state index in [4.69, 9.17) is 5.11 Å². The predicted molar refractivity (Wildman–Crippen MR) is 105 cm³/mol. The summed E-state index contributed by atoms with van der Waals surface area (Å²) in [5, 5.41) is 11.8. The normalized spacial score (nSPS) is 12.1. The molecule has 26 heavy (non-hydrogen) atoms. The largest absolute Gasteiger partial charge is 0.481 e. The summed E-state index contributed by atoms with van der Waals surface area (Å²) in [5.41, 5.74) is 1.40. The minimum absolute atomic E-state index is 0.0364. The molecule has 0 aliphatic heterocycles. The van der Waals surface area contributed by atoms with Crippen LogP contribution in [-0.4, -0.2) is 48.6 Å². The molecule has 1 rings (SSSR count). The average Bonchev–Trinajstić information content (AvgIpc) is 2.57. The highest BCUT2D eigenvalue weighted by atomic mass is 16.4. The van der Waals surface area contributed by atoms with E-state index >= 15 is 0 Å². The lowest BCUT2D eigenvalue weighted by Gasteiger charge is -2.20. The van der Waals surface area contributed by atoms with Gasteiger partial charge in [-0.05, 0) is 38.9 Å². The third-order valence-corrected chi connectivity index (χ3v) is 4.33. The lowest BCUT2D eigenvalue weighted by molar-refractivity contribution is -0.137. The molecule has 0 saturated carbocycles. The van der Waals surface area contributed by atoms with Crippen molar-refractivity contribution in [1.29, 1.82) is 0 Å². The molecule has 5 nitrogen and oxygen atoms in total. The Balaban J connectivity index is 2.05. The van der Waals surface area contributed by atoms with Crippen LogP contribution >= 0.6 is 0 Å². The molecule has 1 aromatic carbocycles. The molecule has 0 fully saturated rings. The first-order chi connectivity index (χ1) is 12.5. The van der Waals surface area contributed by atoms with Gasteiger partial charge in [-0.25, -0.2) is 0 Å². The van der Waals surface area contributed by atoms with E-state index in [0.29, 0.717) is 13.0 Å². The number of hydrogen-bond acceptors (Lipinski definition) is 3. The fraction of sp³-hybridized carbons (Fsp3) is 0.619. The number of carboxylic acid groups (broad SMARTS) is 1. The van der Waals surface area contributed by atoms with Crippen LogP contribution in [0, 0.1) is 0 Å². The summed E-state index contributed by atoms with van der Waals surface area (Å²) in [7, 11) is 3.75. The van der Waals surface area contributed by atoms with Crippen molar-refractivity contribution in [2.24, 2.45) is 0 Å². The lowest BCUT2D eigenvalue weighted by Crippen LogP contribution is -2.42. The molecule has 1 aromatic rings. The van der Waals surface area contributed by atoms with Gasteiger partial charge in [-0.1, -0.05) is 56.0 Å². The predicted octanol–water partition coefficient (Wildman–Crippen LogP) is 3.48. The third-order valence-electron chi connectivity index (χ3n) is 4.33. The Kier molecular flexibility index (Phi) is 11.4. The van der Waals surface area contributed by atoms with Crippen LogP contribution in [0.2, 0.25) is 0 Å². The number of carboxylic acids is 1. The highest BCUT2D eigenvalue weighted by molar-refractivity contribution is 5.77. The first-order valence-corrected chi connectivity index (χ1v) is 9.67. The first kappa shape index (κ1) is 22.2. The lowest BCUT2D eigenvalue weighted by atomic mass is 10.0. The number of carbonyl (C=O) groups is 2. The number of nitrogens with zero attached hydrogens (tertiary/aromatic N) is 1. The van der Waals surface area contributed by atoms with E-state index in [0.717, 1.165) is 25.7 Å². The van der Waals surface area contributed by atoms with Crippen molar-refractivity contribution >= 4 is 11.9 Å². The average molecular weight is 363 g/mol. The summed E-state index contributed by atoms with van der Waals surface area (Å²) in [6.45, 7) is 0.541. The van der Waals surface area contributed by atoms with Crippen LogP contribution in [0.5, 0.6) is 0 Å². The quantitative estimate of drug-likeness (QED) is 0.497. The van der Waals surface area contributed by atoms with E-state index in [9.17, 15) is 9.59 Å². The second-order valence-electron chi connectivity index (χ2n) is 7.23. The highest BCUT2D eigenvalue weighted by Crippen LogP contribution is 2.10. The number of unbranched alkanes of at least 4 members (excludes halogenated alkanes) is 5. The molecule has 0 aromatic heterocycles.